The summed E-state index contributed by atoms with van der Waals surface area (Å²) in [7, 11) is 0. The Morgan fingerprint density at radius 2 is 1.77 bits per heavy atom. The SMILES string of the molecule is O=C(N[C@H](c1ccc(F)cc1)C1CC(O)C1)c1ccc2c(c1)OCCO2. The van der Waals surface area contributed by atoms with Gasteiger partial charge < -0.3 is 19.9 Å². The molecule has 1 amide bonds. The van der Waals surface area contributed by atoms with Crippen molar-refractivity contribution in [3.63, 3.8) is 0 Å². The topological polar surface area (TPSA) is 67.8 Å². The summed E-state index contributed by atoms with van der Waals surface area (Å²) >= 11 is 0. The van der Waals surface area contributed by atoms with Gasteiger partial charge in [0.15, 0.2) is 11.5 Å². The van der Waals surface area contributed by atoms with Crippen LogP contribution in [-0.2, 0) is 0 Å². The first-order valence-electron chi connectivity index (χ1n) is 8.74. The van der Waals surface area contributed by atoms with Crippen LogP contribution in [0.25, 0.3) is 0 Å². The Hall–Kier alpha value is -2.60. The average Bonchev–Trinajstić information content (AvgIpc) is 2.64. The predicted octanol–water partition coefficient (Wildman–Crippen LogP) is 2.84. The van der Waals surface area contributed by atoms with Crippen molar-refractivity contribution in [1.29, 1.82) is 0 Å². The van der Waals surface area contributed by atoms with Gasteiger partial charge in [-0.1, -0.05) is 12.1 Å². The van der Waals surface area contributed by atoms with Crippen LogP contribution in [0.15, 0.2) is 42.5 Å². The van der Waals surface area contributed by atoms with E-state index in [1.165, 1.54) is 12.1 Å². The van der Waals surface area contributed by atoms with Gasteiger partial charge in [-0.15, -0.1) is 0 Å². The second-order valence-corrected chi connectivity index (χ2v) is 6.75. The van der Waals surface area contributed by atoms with Crippen molar-refractivity contribution in [1.82, 2.24) is 5.32 Å². The van der Waals surface area contributed by atoms with Gasteiger partial charge in [0.2, 0.25) is 0 Å². The predicted molar refractivity (Wildman–Crippen MR) is 92.8 cm³/mol. The lowest BCUT2D eigenvalue weighted by molar-refractivity contribution is 0.0235. The first kappa shape index (κ1) is 16.8. The molecule has 1 fully saturated rings. The average molecular weight is 357 g/mol. The van der Waals surface area contributed by atoms with E-state index in [9.17, 15) is 14.3 Å². The monoisotopic (exact) mass is 357 g/mol. The molecule has 136 valence electrons. The molecule has 0 spiro atoms. The number of aliphatic hydroxyl groups is 1. The summed E-state index contributed by atoms with van der Waals surface area (Å²) < 4.78 is 24.3. The van der Waals surface area contributed by atoms with E-state index < -0.39 is 0 Å². The van der Waals surface area contributed by atoms with Crippen LogP contribution < -0.4 is 14.8 Å². The largest absolute Gasteiger partial charge is 0.486 e. The quantitative estimate of drug-likeness (QED) is 0.883. The highest BCUT2D eigenvalue weighted by atomic mass is 19.1. The molecule has 0 aromatic heterocycles. The van der Waals surface area contributed by atoms with Crippen LogP contribution in [0.5, 0.6) is 11.5 Å². The van der Waals surface area contributed by atoms with E-state index in [-0.39, 0.29) is 29.8 Å². The van der Waals surface area contributed by atoms with Crippen LogP contribution in [0, 0.1) is 11.7 Å². The maximum Gasteiger partial charge on any atom is 0.251 e. The molecule has 0 bridgehead atoms. The molecule has 2 aliphatic rings. The zero-order valence-electron chi connectivity index (χ0n) is 14.2. The van der Waals surface area contributed by atoms with E-state index in [4.69, 9.17) is 9.47 Å². The maximum atomic E-state index is 13.2. The van der Waals surface area contributed by atoms with Crippen LogP contribution in [0.3, 0.4) is 0 Å². The number of hydrogen-bond acceptors (Lipinski definition) is 4. The first-order valence-corrected chi connectivity index (χ1v) is 8.74. The Balaban J connectivity index is 1.55. The number of benzene rings is 2. The second kappa shape index (κ2) is 6.96. The van der Waals surface area contributed by atoms with E-state index in [1.54, 1.807) is 30.3 Å². The molecule has 2 aromatic carbocycles. The van der Waals surface area contributed by atoms with Crippen LogP contribution in [0.4, 0.5) is 4.39 Å². The van der Waals surface area contributed by atoms with Gasteiger partial charge >= 0.3 is 0 Å². The fourth-order valence-electron chi connectivity index (χ4n) is 3.45. The summed E-state index contributed by atoms with van der Waals surface area (Å²) in [6.45, 7) is 0.950. The number of ether oxygens (including phenoxy) is 2. The van der Waals surface area contributed by atoms with Gasteiger partial charge in [0, 0.05) is 5.56 Å². The lowest BCUT2D eigenvalue weighted by Gasteiger charge is -2.38. The zero-order valence-corrected chi connectivity index (χ0v) is 14.2. The van der Waals surface area contributed by atoms with Crippen molar-refractivity contribution in [3.8, 4) is 11.5 Å². The van der Waals surface area contributed by atoms with Gasteiger partial charge in [-0.3, -0.25) is 4.79 Å². The van der Waals surface area contributed by atoms with E-state index in [2.05, 4.69) is 5.32 Å². The highest BCUT2D eigenvalue weighted by molar-refractivity contribution is 5.95. The normalized spacial score (nSPS) is 22.2. The molecule has 1 saturated carbocycles. The number of amides is 1. The lowest BCUT2D eigenvalue weighted by atomic mass is 9.75. The summed E-state index contributed by atoms with van der Waals surface area (Å²) in [5, 5.41) is 12.7. The molecule has 1 aliphatic heterocycles. The van der Waals surface area contributed by atoms with Gasteiger partial charge in [-0.05, 0) is 54.7 Å². The van der Waals surface area contributed by atoms with E-state index >= 15 is 0 Å². The fourth-order valence-corrected chi connectivity index (χ4v) is 3.45. The van der Waals surface area contributed by atoms with Crippen LogP contribution in [-0.4, -0.2) is 30.3 Å². The number of carbonyl (C=O) groups excluding carboxylic acids is 1. The molecular weight excluding hydrogens is 337 g/mol. The number of fused-ring (bicyclic) bond motifs is 1. The summed E-state index contributed by atoms with van der Waals surface area (Å²) in [6, 6.07) is 10.9. The number of rotatable bonds is 4. The molecular formula is C20H20FNO4. The standard InChI is InChI=1S/C20H20FNO4/c21-15-4-1-12(2-5-15)19(14-9-16(23)10-14)22-20(24)13-3-6-17-18(11-13)26-8-7-25-17/h1-6,11,14,16,19,23H,7-10H2,(H,22,24)/t14?,16?,19-/m1/s1. The first-order chi connectivity index (χ1) is 12.6. The Morgan fingerprint density at radius 1 is 1.08 bits per heavy atom. The van der Waals surface area contributed by atoms with Crippen LogP contribution >= 0.6 is 0 Å². The van der Waals surface area contributed by atoms with Gasteiger partial charge in [0.05, 0.1) is 12.1 Å². The van der Waals surface area contributed by atoms with Crippen molar-refractivity contribution in [2.24, 2.45) is 5.92 Å². The molecule has 0 unspecified atom stereocenters. The van der Waals surface area contributed by atoms with Crippen LogP contribution in [0.1, 0.15) is 34.8 Å². The van der Waals surface area contributed by atoms with Crippen molar-refractivity contribution in [3.05, 3.63) is 59.4 Å². The third kappa shape index (κ3) is 3.37. The van der Waals surface area contributed by atoms with Gasteiger partial charge in [-0.25, -0.2) is 4.39 Å². The van der Waals surface area contributed by atoms with Crippen LogP contribution in [0.2, 0.25) is 0 Å². The molecule has 4 rings (SSSR count). The number of aliphatic hydroxyl groups excluding tert-OH is 1. The smallest absolute Gasteiger partial charge is 0.251 e. The summed E-state index contributed by atoms with van der Waals surface area (Å²) in [6.07, 6.45) is 0.890. The Kier molecular flexibility index (Phi) is 4.51. The molecule has 0 radical (unpaired) electrons. The van der Waals surface area contributed by atoms with Crippen molar-refractivity contribution >= 4 is 5.91 Å². The third-order valence-corrected chi connectivity index (χ3v) is 4.94. The fraction of sp³-hybridized carbons (Fsp3) is 0.350. The zero-order chi connectivity index (χ0) is 18.1. The molecule has 26 heavy (non-hydrogen) atoms. The number of carbonyl (C=O) groups is 1. The lowest BCUT2D eigenvalue weighted by Crippen LogP contribution is -2.41. The third-order valence-electron chi connectivity index (χ3n) is 4.94. The highest BCUT2D eigenvalue weighted by Gasteiger charge is 2.36. The molecule has 1 heterocycles. The van der Waals surface area contributed by atoms with Gasteiger partial charge in [-0.2, -0.15) is 0 Å². The highest BCUT2D eigenvalue weighted by Crippen LogP contribution is 2.38. The maximum absolute atomic E-state index is 13.2. The van der Waals surface area contributed by atoms with Crippen molar-refractivity contribution in [2.75, 3.05) is 13.2 Å². The Morgan fingerprint density at radius 3 is 2.46 bits per heavy atom. The summed E-state index contributed by atoms with van der Waals surface area (Å²) in [5.74, 6) is 0.750. The molecule has 5 nitrogen and oxygen atoms in total. The molecule has 2 aromatic rings. The van der Waals surface area contributed by atoms with E-state index in [1.807, 2.05) is 0 Å². The van der Waals surface area contributed by atoms with E-state index in [0.717, 1.165) is 5.56 Å². The van der Waals surface area contributed by atoms with Crippen molar-refractivity contribution < 1.29 is 23.8 Å². The molecule has 0 saturated heterocycles. The molecule has 1 aliphatic carbocycles. The van der Waals surface area contributed by atoms with Gasteiger partial charge in [0.25, 0.3) is 5.91 Å². The summed E-state index contributed by atoms with van der Waals surface area (Å²) in [5.41, 5.74) is 1.30. The number of hydrogen-bond donors (Lipinski definition) is 2. The minimum Gasteiger partial charge on any atom is -0.486 e. The summed E-state index contributed by atoms with van der Waals surface area (Å²) in [4.78, 5) is 12.8. The minimum absolute atomic E-state index is 0.122. The Labute approximate surface area is 150 Å². The van der Waals surface area contributed by atoms with Gasteiger partial charge in [0.1, 0.15) is 19.0 Å². The Bertz CT molecular complexity index is 802. The number of nitrogens with one attached hydrogen (secondary N) is 1. The minimum atomic E-state index is -0.339. The molecule has 6 heteroatoms. The molecule has 2 N–H and O–H groups in total. The van der Waals surface area contributed by atoms with E-state index in [0.29, 0.717) is 43.1 Å². The molecule has 1 atom stereocenters. The van der Waals surface area contributed by atoms with Crippen molar-refractivity contribution in [2.45, 2.75) is 25.0 Å². The second-order valence-electron chi connectivity index (χ2n) is 6.75. The number of halogens is 1.